The number of hydrogen-bond acceptors (Lipinski definition) is 3. The summed E-state index contributed by atoms with van der Waals surface area (Å²) >= 11 is 0. The predicted octanol–water partition coefficient (Wildman–Crippen LogP) is 4.02. The molecule has 0 atom stereocenters. The maximum Gasteiger partial charge on any atom is 0.303 e. The van der Waals surface area contributed by atoms with Crippen LogP contribution in [0.5, 0.6) is 0 Å². The number of fused-ring (bicyclic) bond motifs is 1. The average Bonchev–Trinajstić information content (AvgIpc) is 2.51. The van der Waals surface area contributed by atoms with Crippen LogP contribution in [0.4, 0.5) is 0 Å². The molecular weight excluding hydrogens is 278 g/mol. The van der Waals surface area contributed by atoms with Gasteiger partial charge in [-0.25, -0.2) is 0 Å². The van der Waals surface area contributed by atoms with Crippen LogP contribution < -0.4 is 0 Å². The van der Waals surface area contributed by atoms with Crippen molar-refractivity contribution in [2.75, 3.05) is 0 Å². The normalized spacial score (nSPS) is 10.8. The van der Waals surface area contributed by atoms with Gasteiger partial charge in [-0.3, -0.25) is 14.6 Å². The van der Waals surface area contributed by atoms with E-state index in [4.69, 9.17) is 5.11 Å². The van der Waals surface area contributed by atoms with Crippen LogP contribution in [0.2, 0.25) is 0 Å². The molecule has 116 valence electrons. The van der Waals surface area contributed by atoms with Gasteiger partial charge in [-0.05, 0) is 30.2 Å². The van der Waals surface area contributed by atoms with Crippen LogP contribution in [-0.4, -0.2) is 21.8 Å². The standard InChI is InChI=1S/C18H21NO3/c1-2-6-13-7-5-8-14-11-19-12-15(18(13)14)16(20)9-3-4-10-17(21)22/h5,7-8,11-12H,2-4,6,9-10H2,1H3,(H,21,22). The van der Waals surface area contributed by atoms with E-state index in [2.05, 4.69) is 18.0 Å². The zero-order valence-electron chi connectivity index (χ0n) is 12.8. The minimum absolute atomic E-state index is 0.0482. The van der Waals surface area contributed by atoms with Gasteiger partial charge in [-0.15, -0.1) is 0 Å². The van der Waals surface area contributed by atoms with Gasteiger partial charge < -0.3 is 5.11 Å². The van der Waals surface area contributed by atoms with Crippen LogP contribution >= 0.6 is 0 Å². The first-order chi connectivity index (χ1) is 10.6. The second-order valence-electron chi connectivity index (χ2n) is 5.48. The molecular formula is C18H21NO3. The molecule has 0 amide bonds. The van der Waals surface area contributed by atoms with E-state index in [0.29, 0.717) is 24.8 Å². The number of aliphatic carboxylic acids is 1. The minimum Gasteiger partial charge on any atom is -0.481 e. The van der Waals surface area contributed by atoms with Crippen molar-refractivity contribution in [2.24, 2.45) is 0 Å². The maximum atomic E-state index is 12.5. The maximum absolute atomic E-state index is 12.5. The molecule has 0 bridgehead atoms. The molecule has 1 aromatic carbocycles. The lowest BCUT2D eigenvalue weighted by Crippen LogP contribution is -2.03. The lowest BCUT2D eigenvalue weighted by Gasteiger charge is -2.10. The SMILES string of the molecule is CCCc1cccc2cncc(C(=O)CCCCC(=O)O)c12. The monoisotopic (exact) mass is 299 g/mol. The van der Waals surface area contributed by atoms with Crippen molar-refractivity contribution in [1.82, 2.24) is 4.98 Å². The molecule has 1 N–H and O–H groups in total. The number of unbranched alkanes of at least 4 members (excludes halogenated alkanes) is 1. The average molecular weight is 299 g/mol. The first-order valence-electron chi connectivity index (χ1n) is 7.74. The molecule has 0 saturated heterocycles. The van der Waals surface area contributed by atoms with Crippen molar-refractivity contribution < 1.29 is 14.7 Å². The third kappa shape index (κ3) is 3.91. The molecule has 1 heterocycles. The van der Waals surface area contributed by atoms with Crippen LogP contribution in [0, 0.1) is 0 Å². The molecule has 4 heteroatoms. The van der Waals surface area contributed by atoms with E-state index in [9.17, 15) is 9.59 Å². The molecule has 1 aromatic heterocycles. The Morgan fingerprint density at radius 1 is 1.14 bits per heavy atom. The van der Waals surface area contributed by atoms with Crippen LogP contribution in [0.25, 0.3) is 10.8 Å². The van der Waals surface area contributed by atoms with Crippen LogP contribution in [0.15, 0.2) is 30.6 Å². The highest BCUT2D eigenvalue weighted by atomic mass is 16.4. The second-order valence-corrected chi connectivity index (χ2v) is 5.48. The fourth-order valence-corrected chi connectivity index (χ4v) is 2.70. The third-order valence-electron chi connectivity index (χ3n) is 3.73. The van der Waals surface area contributed by atoms with Crippen LogP contribution in [-0.2, 0) is 11.2 Å². The van der Waals surface area contributed by atoms with Gasteiger partial charge in [0.05, 0.1) is 0 Å². The fourth-order valence-electron chi connectivity index (χ4n) is 2.70. The van der Waals surface area contributed by atoms with Gasteiger partial charge in [0.2, 0.25) is 0 Å². The number of Topliss-reactive ketones (excluding diaryl/α,β-unsaturated/α-hetero) is 1. The van der Waals surface area contributed by atoms with Crippen molar-refractivity contribution in [3.8, 4) is 0 Å². The molecule has 0 spiro atoms. The lowest BCUT2D eigenvalue weighted by molar-refractivity contribution is -0.137. The number of rotatable bonds is 8. The van der Waals surface area contributed by atoms with Crippen molar-refractivity contribution in [3.05, 3.63) is 41.7 Å². The van der Waals surface area contributed by atoms with E-state index in [1.54, 1.807) is 12.4 Å². The van der Waals surface area contributed by atoms with E-state index < -0.39 is 5.97 Å². The first-order valence-corrected chi connectivity index (χ1v) is 7.74. The van der Waals surface area contributed by atoms with Gasteiger partial charge in [0.15, 0.2) is 5.78 Å². The summed E-state index contributed by atoms with van der Waals surface area (Å²) < 4.78 is 0. The minimum atomic E-state index is -0.815. The van der Waals surface area contributed by atoms with Gasteiger partial charge in [0.1, 0.15) is 0 Å². The molecule has 4 nitrogen and oxygen atoms in total. The van der Waals surface area contributed by atoms with E-state index >= 15 is 0 Å². The molecule has 0 radical (unpaired) electrons. The molecule has 0 fully saturated rings. The number of ketones is 1. The molecule has 2 aromatic rings. The Morgan fingerprint density at radius 2 is 1.91 bits per heavy atom. The molecule has 0 aliphatic carbocycles. The van der Waals surface area contributed by atoms with E-state index in [1.807, 2.05) is 12.1 Å². The Balaban J connectivity index is 2.22. The third-order valence-corrected chi connectivity index (χ3v) is 3.73. The van der Waals surface area contributed by atoms with Gasteiger partial charge in [0, 0.05) is 36.2 Å². The molecule has 0 saturated carbocycles. The summed E-state index contributed by atoms with van der Waals surface area (Å²) in [5.74, 6) is -0.767. The first kappa shape index (κ1) is 16.1. The largest absolute Gasteiger partial charge is 0.481 e. The number of carboxylic acids is 1. The van der Waals surface area contributed by atoms with Crippen LogP contribution in [0.1, 0.15) is 54.9 Å². The smallest absolute Gasteiger partial charge is 0.303 e. The van der Waals surface area contributed by atoms with Gasteiger partial charge in [-0.1, -0.05) is 31.5 Å². The van der Waals surface area contributed by atoms with E-state index in [0.717, 1.165) is 23.6 Å². The number of carboxylic acid groups (broad SMARTS) is 1. The summed E-state index contributed by atoms with van der Waals surface area (Å²) in [7, 11) is 0. The summed E-state index contributed by atoms with van der Waals surface area (Å²) in [6.07, 6.45) is 6.99. The Labute approximate surface area is 130 Å². The quantitative estimate of drug-likeness (QED) is 0.590. The number of carbonyl (C=O) groups excluding carboxylic acids is 1. The summed E-state index contributed by atoms with van der Waals surface area (Å²) in [4.78, 5) is 27.2. The zero-order valence-corrected chi connectivity index (χ0v) is 12.8. The Morgan fingerprint density at radius 3 is 2.64 bits per heavy atom. The predicted molar refractivity (Wildman–Crippen MR) is 86.2 cm³/mol. The summed E-state index contributed by atoms with van der Waals surface area (Å²) in [5, 5.41) is 10.6. The number of hydrogen-bond donors (Lipinski definition) is 1. The number of nitrogens with zero attached hydrogens (tertiary/aromatic N) is 1. The number of benzene rings is 1. The lowest BCUT2D eigenvalue weighted by atomic mass is 9.95. The summed E-state index contributed by atoms with van der Waals surface area (Å²) in [5.41, 5.74) is 1.84. The van der Waals surface area contributed by atoms with Gasteiger partial charge in [0.25, 0.3) is 0 Å². The molecule has 0 unspecified atom stereocenters. The Hall–Kier alpha value is -2.23. The molecule has 2 rings (SSSR count). The molecule has 0 aliphatic rings. The van der Waals surface area contributed by atoms with Gasteiger partial charge in [-0.2, -0.15) is 0 Å². The number of aromatic nitrogens is 1. The van der Waals surface area contributed by atoms with E-state index in [-0.39, 0.29) is 12.2 Å². The molecule has 22 heavy (non-hydrogen) atoms. The highest BCUT2D eigenvalue weighted by Crippen LogP contribution is 2.24. The van der Waals surface area contributed by atoms with E-state index in [1.165, 1.54) is 5.56 Å². The topological polar surface area (TPSA) is 67.3 Å². The van der Waals surface area contributed by atoms with Crippen molar-refractivity contribution in [3.63, 3.8) is 0 Å². The zero-order chi connectivity index (χ0) is 15.9. The Bertz CT molecular complexity index is 674. The fraction of sp³-hybridized carbons (Fsp3) is 0.389. The number of aryl methyl sites for hydroxylation is 1. The number of pyridine rings is 1. The second kappa shape index (κ2) is 7.69. The highest BCUT2D eigenvalue weighted by molar-refractivity contribution is 6.08. The van der Waals surface area contributed by atoms with Crippen LogP contribution in [0.3, 0.4) is 0 Å². The Kier molecular flexibility index (Phi) is 5.64. The molecule has 0 aliphatic heterocycles. The summed E-state index contributed by atoms with van der Waals surface area (Å²) in [6, 6.07) is 6.03. The van der Waals surface area contributed by atoms with Crippen molar-refractivity contribution in [2.45, 2.75) is 45.4 Å². The van der Waals surface area contributed by atoms with Crippen molar-refractivity contribution in [1.29, 1.82) is 0 Å². The van der Waals surface area contributed by atoms with Crippen molar-refractivity contribution >= 4 is 22.5 Å². The van der Waals surface area contributed by atoms with Gasteiger partial charge >= 0.3 is 5.97 Å². The highest BCUT2D eigenvalue weighted by Gasteiger charge is 2.13. The number of carbonyl (C=O) groups is 2. The summed E-state index contributed by atoms with van der Waals surface area (Å²) in [6.45, 7) is 2.12.